The Kier molecular flexibility index (Phi) is 5.08. The van der Waals surface area contributed by atoms with Crippen LogP contribution >= 0.6 is 11.7 Å². The number of ether oxygens (including phenoxy) is 2. The number of methoxy groups -OCH3 is 1. The van der Waals surface area contributed by atoms with E-state index in [1.807, 2.05) is 0 Å². The number of aliphatic hydroxyl groups is 1. The fraction of sp³-hybridized carbons (Fsp3) is 0.333. The summed E-state index contributed by atoms with van der Waals surface area (Å²) in [6.45, 7) is 0.306. The Morgan fingerprint density at radius 1 is 1.50 bits per heavy atom. The molecule has 0 aliphatic carbocycles. The van der Waals surface area contributed by atoms with Gasteiger partial charge in [0.15, 0.2) is 11.6 Å². The Labute approximate surface area is 119 Å². The molecule has 0 aliphatic rings. The number of rotatable bonds is 7. The maximum atomic E-state index is 13.4. The highest BCUT2D eigenvalue weighted by atomic mass is 32.1. The summed E-state index contributed by atoms with van der Waals surface area (Å²) in [5.41, 5.74) is 0.553. The van der Waals surface area contributed by atoms with Gasteiger partial charge in [0.1, 0.15) is 18.9 Å². The third-order valence-corrected chi connectivity index (χ3v) is 2.92. The van der Waals surface area contributed by atoms with Gasteiger partial charge in [0.2, 0.25) is 5.88 Å². The summed E-state index contributed by atoms with van der Waals surface area (Å²) in [4.78, 5) is 0. The van der Waals surface area contributed by atoms with Crippen LogP contribution in [-0.4, -0.2) is 40.2 Å². The number of halogens is 1. The molecular formula is C12H14FN3O3S. The van der Waals surface area contributed by atoms with Crippen LogP contribution in [0.15, 0.2) is 24.4 Å². The van der Waals surface area contributed by atoms with Crippen LogP contribution in [0.1, 0.15) is 0 Å². The van der Waals surface area contributed by atoms with Crippen molar-refractivity contribution in [1.82, 2.24) is 8.75 Å². The number of anilines is 1. The monoisotopic (exact) mass is 299 g/mol. The molecule has 2 N–H and O–H groups in total. The van der Waals surface area contributed by atoms with E-state index in [1.54, 1.807) is 6.07 Å². The molecule has 1 heterocycles. The molecule has 1 unspecified atom stereocenters. The molecular weight excluding hydrogens is 285 g/mol. The van der Waals surface area contributed by atoms with E-state index >= 15 is 0 Å². The van der Waals surface area contributed by atoms with Crippen LogP contribution in [0.5, 0.6) is 11.6 Å². The second-order valence-corrected chi connectivity index (χ2v) is 4.50. The van der Waals surface area contributed by atoms with Gasteiger partial charge in [-0.1, -0.05) is 0 Å². The highest BCUT2D eigenvalue weighted by Crippen LogP contribution is 2.20. The zero-order valence-corrected chi connectivity index (χ0v) is 11.6. The number of nitrogens with zero attached hydrogens (tertiary/aromatic N) is 2. The van der Waals surface area contributed by atoms with E-state index in [9.17, 15) is 9.50 Å². The molecule has 1 atom stereocenters. The highest BCUT2D eigenvalue weighted by molar-refractivity contribution is 6.99. The summed E-state index contributed by atoms with van der Waals surface area (Å²) in [6.07, 6.45) is 0.728. The molecule has 1 aromatic heterocycles. The quantitative estimate of drug-likeness (QED) is 0.807. The van der Waals surface area contributed by atoms with Crippen LogP contribution in [0, 0.1) is 5.82 Å². The average Bonchev–Trinajstić information content (AvgIpc) is 2.96. The van der Waals surface area contributed by atoms with Crippen molar-refractivity contribution in [3.8, 4) is 11.6 Å². The first-order valence-electron chi connectivity index (χ1n) is 5.85. The van der Waals surface area contributed by atoms with E-state index in [4.69, 9.17) is 9.47 Å². The maximum absolute atomic E-state index is 13.4. The minimum atomic E-state index is -0.748. The highest BCUT2D eigenvalue weighted by Gasteiger charge is 2.08. The molecule has 108 valence electrons. The second kappa shape index (κ2) is 7.01. The van der Waals surface area contributed by atoms with Gasteiger partial charge in [0.25, 0.3) is 0 Å². The molecule has 0 radical (unpaired) electrons. The molecule has 0 bridgehead atoms. The van der Waals surface area contributed by atoms with Gasteiger partial charge >= 0.3 is 0 Å². The predicted molar refractivity (Wildman–Crippen MR) is 72.9 cm³/mol. The van der Waals surface area contributed by atoms with Crippen molar-refractivity contribution < 1.29 is 19.0 Å². The lowest BCUT2D eigenvalue weighted by Gasteiger charge is -2.13. The molecule has 0 spiro atoms. The number of aromatic nitrogens is 2. The summed E-state index contributed by atoms with van der Waals surface area (Å²) < 4.78 is 31.1. The first-order valence-corrected chi connectivity index (χ1v) is 6.58. The lowest BCUT2D eigenvalue weighted by Crippen LogP contribution is -2.26. The third kappa shape index (κ3) is 4.04. The number of hydrogen-bond donors (Lipinski definition) is 2. The van der Waals surface area contributed by atoms with Gasteiger partial charge < -0.3 is 19.9 Å². The van der Waals surface area contributed by atoms with E-state index in [2.05, 4.69) is 14.1 Å². The molecule has 0 fully saturated rings. The van der Waals surface area contributed by atoms with Crippen molar-refractivity contribution in [2.45, 2.75) is 6.10 Å². The summed E-state index contributed by atoms with van der Waals surface area (Å²) in [7, 11) is 1.40. The number of hydrogen-bond acceptors (Lipinski definition) is 7. The van der Waals surface area contributed by atoms with Gasteiger partial charge in [0, 0.05) is 18.3 Å². The topological polar surface area (TPSA) is 76.5 Å². The largest absolute Gasteiger partial charge is 0.494 e. The van der Waals surface area contributed by atoms with Gasteiger partial charge in [-0.05, 0) is 12.1 Å². The van der Waals surface area contributed by atoms with E-state index in [-0.39, 0.29) is 18.9 Å². The lowest BCUT2D eigenvalue weighted by atomic mass is 10.2. The molecule has 1 aromatic carbocycles. The molecule has 8 heteroatoms. The van der Waals surface area contributed by atoms with Crippen LogP contribution in [-0.2, 0) is 0 Å². The number of nitrogens with one attached hydrogen (secondary N) is 1. The molecule has 6 nitrogen and oxygen atoms in total. The SMILES string of the molecule is COc1ccc(NCC(O)COc2cnsn2)cc1F. The minimum Gasteiger partial charge on any atom is -0.494 e. The van der Waals surface area contributed by atoms with E-state index in [0.717, 1.165) is 11.7 Å². The Morgan fingerprint density at radius 2 is 2.35 bits per heavy atom. The van der Waals surface area contributed by atoms with Crippen LogP contribution < -0.4 is 14.8 Å². The van der Waals surface area contributed by atoms with Crippen molar-refractivity contribution in [2.24, 2.45) is 0 Å². The van der Waals surface area contributed by atoms with Crippen molar-refractivity contribution in [3.63, 3.8) is 0 Å². The summed E-state index contributed by atoms with van der Waals surface area (Å²) >= 11 is 1.03. The molecule has 20 heavy (non-hydrogen) atoms. The molecule has 2 rings (SSSR count). The van der Waals surface area contributed by atoms with Gasteiger partial charge in [-0.25, -0.2) is 4.39 Å². The zero-order chi connectivity index (χ0) is 14.4. The Bertz CT molecular complexity index is 539. The molecule has 2 aromatic rings. The van der Waals surface area contributed by atoms with Gasteiger partial charge in [-0.3, -0.25) is 0 Å². The smallest absolute Gasteiger partial charge is 0.245 e. The fourth-order valence-corrected chi connectivity index (χ4v) is 1.84. The molecule has 0 aliphatic heterocycles. The Balaban J connectivity index is 1.78. The Hall–Kier alpha value is -1.93. The molecule has 0 saturated carbocycles. The van der Waals surface area contributed by atoms with Crippen LogP contribution in [0.2, 0.25) is 0 Å². The van der Waals surface area contributed by atoms with Gasteiger partial charge in [-0.15, -0.1) is 4.37 Å². The second-order valence-electron chi connectivity index (χ2n) is 3.94. The molecule has 0 saturated heterocycles. The summed E-state index contributed by atoms with van der Waals surface area (Å²) in [6, 6.07) is 4.48. The number of benzene rings is 1. The Morgan fingerprint density at radius 3 is 3.00 bits per heavy atom. The molecule has 0 amide bonds. The van der Waals surface area contributed by atoms with E-state index in [1.165, 1.54) is 25.4 Å². The predicted octanol–water partition coefficient (Wildman–Crippen LogP) is 1.54. The zero-order valence-electron chi connectivity index (χ0n) is 10.7. The summed E-state index contributed by atoms with van der Waals surface area (Å²) in [5, 5.41) is 12.6. The van der Waals surface area contributed by atoms with Gasteiger partial charge in [0.05, 0.1) is 18.8 Å². The van der Waals surface area contributed by atoms with Crippen molar-refractivity contribution in [2.75, 3.05) is 25.6 Å². The van der Waals surface area contributed by atoms with Gasteiger partial charge in [-0.2, -0.15) is 4.37 Å². The average molecular weight is 299 g/mol. The third-order valence-electron chi connectivity index (χ3n) is 2.46. The summed E-state index contributed by atoms with van der Waals surface area (Å²) in [5.74, 6) is 0.0943. The maximum Gasteiger partial charge on any atom is 0.245 e. The van der Waals surface area contributed by atoms with Crippen LogP contribution in [0.25, 0.3) is 0 Å². The van der Waals surface area contributed by atoms with Crippen LogP contribution in [0.4, 0.5) is 10.1 Å². The van der Waals surface area contributed by atoms with Crippen molar-refractivity contribution in [1.29, 1.82) is 0 Å². The lowest BCUT2D eigenvalue weighted by molar-refractivity contribution is 0.115. The first kappa shape index (κ1) is 14.5. The fourth-order valence-electron chi connectivity index (χ4n) is 1.47. The minimum absolute atomic E-state index is 0.0804. The van der Waals surface area contributed by atoms with Crippen molar-refractivity contribution in [3.05, 3.63) is 30.2 Å². The standard InChI is InChI=1S/C12H14FN3O3S/c1-18-11-3-2-8(4-10(11)13)14-5-9(17)7-19-12-6-15-20-16-12/h2-4,6,9,14,17H,5,7H2,1H3. The van der Waals surface area contributed by atoms with Crippen molar-refractivity contribution >= 4 is 17.4 Å². The number of aliphatic hydroxyl groups excluding tert-OH is 1. The first-order chi connectivity index (χ1) is 9.69. The van der Waals surface area contributed by atoms with E-state index < -0.39 is 11.9 Å². The van der Waals surface area contributed by atoms with E-state index in [0.29, 0.717) is 11.6 Å². The normalized spacial score (nSPS) is 11.9. The van der Waals surface area contributed by atoms with Crippen LogP contribution in [0.3, 0.4) is 0 Å².